The molecule has 0 aromatic carbocycles. The van der Waals surface area contributed by atoms with Crippen LogP contribution in [0.15, 0.2) is 58.7 Å². The van der Waals surface area contributed by atoms with Crippen LogP contribution in [0.1, 0.15) is 25.4 Å². The normalized spacial score (nSPS) is 9.72. The maximum Gasteiger partial charge on any atom is 0.132 e. The molecule has 2 N–H and O–H groups in total. The Balaban J connectivity index is 0.000000381. The van der Waals surface area contributed by atoms with Gasteiger partial charge in [0.15, 0.2) is 0 Å². The molecule has 0 atom stereocenters. The number of anilines is 1. The third-order valence-corrected chi connectivity index (χ3v) is 2.92. The fourth-order valence-electron chi connectivity index (χ4n) is 1.76. The minimum Gasteiger partial charge on any atom is -0.363 e. The summed E-state index contributed by atoms with van der Waals surface area (Å²) in [4.78, 5) is 12.2. The lowest BCUT2D eigenvalue weighted by Gasteiger charge is -2.06. The van der Waals surface area contributed by atoms with E-state index in [0.29, 0.717) is 6.54 Å². The fourth-order valence-corrected chi connectivity index (χ4v) is 1.76. The molecule has 0 aliphatic rings. The monoisotopic (exact) mass is 339 g/mol. The lowest BCUT2D eigenvalue weighted by Crippen LogP contribution is -2.06. The topological polar surface area (TPSA) is 79.5 Å². The number of nitrogens with one attached hydrogen (secondary N) is 2. The Morgan fingerprint density at radius 2 is 2.08 bits per heavy atom. The molecule has 0 saturated carbocycles. The first-order valence-electron chi connectivity index (χ1n) is 7.73. The number of imidazole rings is 1. The summed E-state index contributed by atoms with van der Waals surface area (Å²) in [5.74, 6) is 1.73. The van der Waals surface area contributed by atoms with E-state index in [1.54, 1.807) is 18.6 Å². The number of pyridine rings is 1. The van der Waals surface area contributed by atoms with Gasteiger partial charge in [0.2, 0.25) is 0 Å². The molecule has 2 aromatic heterocycles. The molecule has 0 aliphatic heterocycles. The molecular weight excluding hydrogens is 314 g/mol. The van der Waals surface area contributed by atoms with Crippen LogP contribution in [0.25, 0.3) is 6.20 Å². The second-order valence-electron chi connectivity index (χ2n) is 5.24. The van der Waals surface area contributed by atoms with Crippen molar-refractivity contribution in [2.75, 3.05) is 5.32 Å². The van der Waals surface area contributed by atoms with Gasteiger partial charge in [-0.05, 0) is 39.6 Å². The summed E-state index contributed by atoms with van der Waals surface area (Å²) in [6, 6.07) is 5.74. The van der Waals surface area contributed by atoms with Crippen molar-refractivity contribution in [3.63, 3.8) is 0 Å². The van der Waals surface area contributed by atoms with Crippen LogP contribution in [0, 0.1) is 6.92 Å². The van der Waals surface area contributed by atoms with E-state index >= 15 is 0 Å². The van der Waals surface area contributed by atoms with Gasteiger partial charge in [-0.3, -0.25) is 10.4 Å². The summed E-state index contributed by atoms with van der Waals surface area (Å²) in [6.07, 6.45) is 8.83. The number of hydrogen-bond acceptors (Lipinski definition) is 6. The summed E-state index contributed by atoms with van der Waals surface area (Å²) in [6.45, 7) is 13.2. The van der Waals surface area contributed by atoms with Crippen molar-refractivity contribution in [3.8, 4) is 0 Å². The first-order valence-corrected chi connectivity index (χ1v) is 7.73. The molecule has 0 saturated heterocycles. The zero-order chi connectivity index (χ0) is 18.5. The van der Waals surface area contributed by atoms with Crippen molar-refractivity contribution in [2.45, 2.75) is 27.3 Å². The van der Waals surface area contributed by atoms with Gasteiger partial charge in [0.05, 0.1) is 6.54 Å². The molecule has 7 heteroatoms. The van der Waals surface area contributed by atoms with Gasteiger partial charge in [0, 0.05) is 43.4 Å². The Hall–Kier alpha value is -3.22. The standard InChI is InChI=1S/C13H15N5.C5H10N2/c1-11-9-17-13(18(11)8-7-14-2)10-16-12-5-3-4-6-15-12;1-5(2)4-7-6-3/h3-9H,2,10H2,1H3,(H,15,16);4,7H,3H2,1-2H3/b8-7-;. The number of hydrogen-bond donors (Lipinski definition) is 2. The number of allylic oxidation sites excluding steroid dienone is 1. The predicted octanol–water partition coefficient (Wildman–Crippen LogP) is 3.44. The highest BCUT2D eigenvalue weighted by Crippen LogP contribution is 2.08. The van der Waals surface area contributed by atoms with E-state index in [2.05, 4.69) is 44.2 Å². The molecule has 2 aromatic rings. The fraction of sp³-hybridized carbons (Fsp3) is 0.222. The minimum atomic E-state index is 0.604. The molecule has 0 fully saturated rings. The van der Waals surface area contributed by atoms with Crippen molar-refractivity contribution in [3.05, 3.63) is 60.1 Å². The van der Waals surface area contributed by atoms with Crippen LogP contribution in [0.5, 0.6) is 0 Å². The van der Waals surface area contributed by atoms with Crippen molar-refractivity contribution in [2.24, 2.45) is 10.1 Å². The largest absolute Gasteiger partial charge is 0.363 e. The minimum absolute atomic E-state index is 0.604. The molecule has 7 nitrogen and oxygen atoms in total. The Morgan fingerprint density at radius 3 is 2.64 bits per heavy atom. The van der Waals surface area contributed by atoms with E-state index in [1.807, 2.05) is 55.9 Å². The van der Waals surface area contributed by atoms with E-state index < -0.39 is 0 Å². The van der Waals surface area contributed by atoms with E-state index in [-0.39, 0.29) is 0 Å². The Kier molecular flexibility index (Phi) is 8.99. The van der Waals surface area contributed by atoms with E-state index in [1.165, 1.54) is 5.57 Å². The smallest absolute Gasteiger partial charge is 0.132 e. The van der Waals surface area contributed by atoms with Gasteiger partial charge >= 0.3 is 0 Å². The molecule has 2 heterocycles. The SMILES string of the molecule is C=N/C=C\n1c(C)cnc1CNc1ccccn1.C=NNC=C(C)C. The van der Waals surface area contributed by atoms with Crippen LogP contribution < -0.4 is 10.7 Å². The van der Waals surface area contributed by atoms with Gasteiger partial charge < -0.3 is 9.88 Å². The number of nitrogens with zero attached hydrogens (tertiary/aromatic N) is 5. The van der Waals surface area contributed by atoms with Crippen molar-refractivity contribution in [1.29, 1.82) is 0 Å². The van der Waals surface area contributed by atoms with E-state index in [9.17, 15) is 0 Å². The van der Waals surface area contributed by atoms with Crippen LogP contribution in [0.3, 0.4) is 0 Å². The first-order chi connectivity index (χ1) is 12.1. The summed E-state index contributed by atoms with van der Waals surface area (Å²) < 4.78 is 1.96. The van der Waals surface area contributed by atoms with Crippen LogP contribution in [-0.4, -0.2) is 28.0 Å². The molecule has 2 rings (SSSR count). The van der Waals surface area contributed by atoms with Gasteiger partial charge in [-0.25, -0.2) is 9.97 Å². The number of rotatable bonds is 7. The third-order valence-electron chi connectivity index (χ3n) is 2.92. The molecule has 25 heavy (non-hydrogen) atoms. The maximum atomic E-state index is 4.34. The lowest BCUT2D eigenvalue weighted by atomic mass is 10.4. The van der Waals surface area contributed by atoms with E-state index in [4.69, 9.17) is 0 Å². The zero-order valence-corrected chi connectivity index (χ0v) is 15.0. The van der Waals surface area contributed by atoms with Crippen LogP contribution in [-0.2, 0) is 6.54 Å². The molecule has 132 valence electrons. The van der Waals surface area contributed by atoms with Crippen molar-refractivity contribution >= 4 is 25.5 Å². The quantitative estimate of drug-likeness (QED) is 0.598. The highest BCUT2D eigenvalue weighted by atomic mass is 15.3. The Labute approximate surface area is 148 Å². The highest BCUT2D eigenvalue weighted by molar-refractivity contribution is 5.36. The number of aliphatic imine (C=N–C) groups is 1. The lowest BCUT2D eigenvalue weighted by molar-refractivity contribution is 0.908. The average molecular weight is 339 g/mol. The van der Waals surface area contributed by atoms with Crippen LogP contribution in [0.2, 0.25) is 0 Å². The maximum absolute atomic E-state index is 4.34. The molecule has 0 radical (unpaired) electrons. The molecule has 0 unspecified atom stereocenters. The second-order valence-corrected chi connectivity index (χ2v) is 5.24. The number of hydrazone groups is 1. The highest BCUT2D eigenvalue weighted by Gasteiger charge is 2.04. The molecular formula is C18H25N7. The third kappa shape index (κ3) is 7.74. The molecule has 0 amide bonds. The summed E-state index contributed by atoms with van der Waals surface area (Å²) in [7, 11) is 0. The molecule has 0 aliphatic carbocycles. The predicted molar refractivity (Wildman–Crippen MR) is 106 cm³/mol. The van der Waals surface area contributed by atoms with Gasteiger partial charge in [-0.15, -0.1) is 0 Å². The summed E-state index contributed by atoms with van der Waals surface area (Å²) in [5.41, 5.74) is 4.84. The van der Waals surface area contributed by atoms with Gasteiger partial charge in [-0.1, -0.05) is 11.6 Å². The summed E-state index contributed by atoms with van der Waals surface area (Å²) in [5, 5.41) is 6.62. The number of aryl methyl sites for hydroxylation is 1. The van der Waals surface area contributed by atoms with Gasteiger partial charge in [0.1, 0.15) is 11.6 Å². The van der Waals surface area contributed by atoms with Crippen molar-refractivity contribution < 1.29 is 0 Å². The Morgan fingerprint density at radius 1 is 1.28 bits per heavy atom. The van der Waals surface area contributed by atoms with Crippen LogP contribution >= 0.6 is 0 Å². The second kappa shape index (κ2) is 11.3. The molecule has 0 spiro atoms. The van der Waals surface area contributed by atoms with Crippen LogP contribution in [0.4, 0.5) is 5.82 Å². The van der Waals surface area contributed by atoms with E-state index in [0.717, 1.165) is 17.3 Å². The summed E-state index contributed by atoms with van der Waals surface area (Å²) >= 11 is 0. The number of aromatic nitrogens is 3. The molecule has 0 bridgehead atoms. The first kappa shape index (κ1) is 19.8. The van der Waals surface area contributed by atoms with Gasteiger partial charge in [0.25, 0.3) is 0 Å². The van der Waals surface area contributed by atoms with Crippen molar-refractivity contribution in [1.82, 2.24) is 20.0 Å². The van der Waals surface area contributed by atoms with Gasteiger partial charge in [-0.2, -0.15) is 5.10 Å². The zero-order valence-electron chi connectivity index (χ0n) is 15.0. The Bertz CT molecular complexity index is 710. The average Bonchev–Trinajstić information content (AvgIpc) is 2.97.